The van der Waals surface area contributed by atoms with Crippen LogP contribution in [0.1, 0.15) is 45.0 Å². The summed E-state index contributed by atoms with van der Waals surface area (Å²) in [7, 11) is 1.81. The number of carboxylic acid groups (broad SMARTS) is 1. The van der Waals surface area contributed by atoms with E-state index in [0.29, 0.717) is 12.3 Å². The van der Waals surface area contributed by atoms with E-state index in [2.05, 4.69) is 31.9 Å². The summed E-state index contributed by atoms with van der Waals surface area (Å²) in [5, 5.41) is 13.5. The number of pyridine rings is 2. The molecule has 1 N–H and O–H groups in total. The van der Waals surface area contributed by atoms with Gasteiger partial charge in [0.25, 0.3) is 0 Å². The molecule has 7 rings (SSSR count). The highest BCUT2D eigenvalue weighted by atomic mass is 19.1. The second kappa shape index (κ2) is 13.2. The number of hydrogen-bond donors (Lipinski definition) is 1. The van der Waals surface area contributed by atoms with Crippen molar-refractivity contribution in [3.63, 3.8) is 0 Å². The molecule has 0 radical (unpaired) electrons. The molecule has 246 valence electrons. The number of fused-ring (bicyclic) bond motifs is 1. The second-order valence-corrected chi connectivity index (χ2v) is 11.5. The Balaban J connectivity index is 1.08. The van der Waals surface area contributed by atoms with E-state index in [1.807, 2.05) is 13.1 Å². The number of carbonyl (C=O) groups is 1. The lowest BCUT2D eigenvalue weighted by Crippen LogP contribution is -2.31. The summed E-state index contributed by atoms with van der Waals surface area (Å²) < 4.78 is 60.7. The molecule has 0 amide bonds. The predicted molar refractivity (Wildman–Crippen MR) is 171 cm³/mol. The second-order valence-electron chi connectivity index (χ2n) is 11.5. The number of ether oxygens (including phenoxy) is 2. The Morgan fingerprint density at radius 3 is 2.61 bits per heavy atom. The maximum atomic E-state index is 15.6. The number of benzene rings is 2. The molecular weight excluding hydrogens is 637 g/mol. The molecule has 13 heteroatoms. The number of nitrogens with zero attached hydrogens (tertiary/aromatic N) is 6. The van der Waals surface area contributed by atoms with Gasteiger partial charge in [0.05, 0.1) is 41.2 Å². The minimum atomic E-state index is -1.30. The molecule has 1 saturated heterocycles. The van der Waals surface area contributed by atoms with Crippen LogP contribution in [0.2, 0.25) is 0 Å². The molecule has 1 atom stereocenters. The molecule has 0 spiro atoms. The van der Waals surface area contributed by atoms with E-state index in [1.165, 1.54) is 6.07 Å². The predicted octanol–water partition coefficient (Wildman–Crippen LogP) is 5.70. The zero-order valence-corrected chi connectivity index (χ0v) is 26.0. The van der Waals surface area contributed by atoms with E-state index in [1.54, 1.807) is 52.1 Å². The Morgan fingerprint density at radius 2 is 1.90 bits per heavy atom. The van der Waals surface area contributed by atoms with E-state index < -0.39 is 23.4 Å². The van der Waals surface area contributed by atoms with Crippen LogP contribution >= 0.6 is 0 Å². The standard InChI is InChI=1S/C36H27F3N6O4/c1-44-18-21(17-41-44)5-7-25-8-6-22(16-40-25)20-49-34-4-2-3-31(42-34)27-15-28(37)23(11-29(27)38)14-33-43-35-30(39)12-24(36(46)47)13-32(35)45(33)19-26-9-10-48-26/h2-4,6,8,11-13,15-18,26H,9-10,14,19-20H2,1H3,(H,46,47). The van der Waals surface area contributed by atoms with Crippen molar-refractivity contribution in [1.29, 1.82) is 0 Å². The van der Waals surface area contributed by atoms with E-state index >= 15 is 8.78 Å². The monoisotopic (exact) mass is 664 g/mol. The highest BCUT2D eigenvalue weighted by molar-refractivity contribution is 5.92. The smallest absolute Gasteiger partial charge is 0.335 e. The van der Waals surface area contributed by atoms with Crippen LogP contribution in [0, 0.1) is 29.3 Å². The minimum absolute atomic E-state index is 0.0142. The zero-order valence-electron chi connectivity index (χ0n) is 26.0. The average Bonchev–Trinajstić information content (AvgIpc) is 3.65. The van der Waals surface area contributed by atoms with Crippen LogP contribution in [-0.4, -0.2) is 53.1 Å². The van der Waals surface area contributed by atoms with Crippen molar-refractivity contribution in [2.45, 2.75) is 32.1 Å². The summed E-state index contributed by atoms with van der Waals surface area (Å²) in [6, 6.07) is 12.7. The highest BCUT2D eigenvalue weighted by Gasteiger charge is 2.25. The molecule has 1 aliphatic rings. The van der Waals surface area contributed by atoms with Gasteiger partial charge in [-0.2, -0.15) is 5.10 Å². The molecule has 49 heavy (non-hydrogen) atoms. The van der Waals surface area contributed by atoms with Crippen LogP contribution in [0.4, 0.5) is 13.2 Å². The highest BCUT2D eigenvalue weighted by Crippen LogP contribution is 2.30. The van der Waals surface area contributed by atoms with Crippen LogP contribution in [0.25, 0.3) is 22.3 Å². The molecule has 10 nitrogen and oxygen atoms in total. The van der Waals surface area contributed by atoms with Gasteiger partial charge < -0.3 is 19.1 Å². The third kappa shape index (κ3) is 6.86. The van der Waals surface area contributed by atoms with Crippen molar-refractivity contribution in [2.24, 2.45) is 7.05 Å². The Bertz CT molecular complexity index is 2270. The molecule has 0 bridgehead atoms. The van der Waals surface area contributed by atoms with Crippen LogP contribution in [0.3, 0.4) is 0 Å². The van der Waals surface area contributed by atoms with Crippen molar-refractivity contribution in [3.8, 4) is 29.0 Å². The minimum Gasteiger partial charge on any atom is -0.478 e. The fraction of sp³-hybridized carbons (Fsp3) is 0.194. The van der Waals surface area contributed by atoms with Gasteiger partial charge in [-0.25, -0.2) is 32.9 Å². The number of hydrogen-bond acceptors (Lipinski definition) is 7. The summed E-state index contributed by atoms with van der Waals surface area (Å²) in [6.45, 7) is 0.960. The van der Waals surface area contributed by atoms with Crippen LogP contribution in [-0.2, 0) is 31.4 Å². The molecular formula is C36H27F3N6O4. The first-order chi connectivity index (χ1) is 23.7. The van der Waals surface area contributed by atoms with Crippen molar-refractivity contribution < 1.29 is 32.5 Å². The number of halogens is 3. The van der Waals surface area contributed by atoms with Gasteiger partial charge in [-0.1, -0.05) is 18.1 Å². The van der Waals surface area contributed by atoms with Crippen LogP contribution < -0.4 is 4.74 Å². The number of carboxylic acids is 1. The Morgan fingerprint density at radius 1 is 1.04 bits per heavy atom. The summed E-state index contributed by atoms with van der Waals surface area (Å²) in [5.74, 6) is 2.87. The maximum absolute atomic E-state index is 15.6. The van der Waals surface area contributed by atoms with Gasteiger partial charge in [0, 0.05) is 49.7 Å². The average molecular weight is 665 g/mol. The van der Waals surface area contributed by atoms with E-state index in [4.69, 9.17) is 9.47 Å². The Labute approximate surface area is 277 Å². The van der Waals surface area contributed by atoms with Crippen LogP contribution in [0.15, 0.2) is 73.2 Å². The van der Waals surface area contributed by atoms with Gasteiger partial charge in [0.2, 0.25) is 5.88 Å². The lowest BCUT2D eigenvalue weighted by atomic mass is 10.0. The van der Waals surface area contributed by atoms with E-state index in [-0.39, 0.29) is 70.8 Å². The molecule has 5 heterocycles. The number of aryl methyl sites for hydroxylation is 1. The SMILES string of the molecule is Cn1cc(C#Cc2ccc(COc3cccc(-c4cc(F)c(Cc5nc6c(F)cc(C(=O)O)cc6n5CC5CCO5)cc4F)n3)cn2)cn1. The van der Waals surface area contributed by atoms with Crippen molar-refractivity contribution in [3.05, 3.63) is 124 Å². The lowest BCUT2D eigenvalue weighted by Gasteiger charge is -2.27. The molecule has 6 aromatic rings. The number of aromatic nitrogens is 6. The first-order valence-electron chi connectivity index (χ1n) is 15.3. The van der Waals surface area contributed by atoms with E-state index in [0.717, 1.165) is 35.7 Å². The van der Waals surface area contributed by atoms with Gasteiger partial charge in [-0.15, -0.1) is 0 Å². The van der Waals surface area contributed by atoms with E-state index in [9.17, 15) is 14.3 Å². The summed E-state index contributed by atoms with van der Waals surface area (Å²) in [6.07, 6.45) is 5.49. The first kappa shape index (κ1) is 31.6. The summed E-state index contributed by atoms with van der Waals surface area (Å²) in [4.78, 5) is 24.7. The van der Waals surface area contributed by atoms with Gasteiger partial charge in [-0.05, 0) is 54.3 Å². The summed E-state index contributed by atoms with van der Waals surface area (Å²) >= 11 is 0. The lowest BCUT2D eigenvalue weighted by molar-refractivity contribution is -0.0589. The molecule has 2 aromatic carbocycles. The molecule has 1 unspecified atom stereocenters. The third-order valence-corrected chi connectivity index (χ3v) is 8.05. The maximum Gasteiger partial charge on any atom is 0.335 e. The third-order valence-electron chi connectivity index (χ3n) is 8.05. The normalized spacial score (nSPS) is 13.9. The molecule has 1 aliphatic heterocycles. The Kier molecular flexibility index (Phi) is 8.54. The summed E-state index contributed by atoms with van der Waals surface area (Å²) in [5.41, 5.74) is 2.13. The van der Waals surface area contributed by atoms with Crippen molar-refractivity contribution in [1.82, 2.24) is 29.3 Å². The Hall–Kier alpha value is -6.00. The number of rotatable bonds is 9. The van der Waals surface area contributed by atoms with Crippen LogP contribution in [0.5, 0.6) is 5.88 Å². The van der Waals surface area contributed by atoms with Crippen molar-refractivity contribution >= 4 is 17.0 Å². The number of imidazole rings is 1. The zero-order chi connectivity index (χ0) is 34.1. The van der Waals surface area contributed by atoms with Gasteiger partial charge in [0.15, 0.2) is 5.82 Å². The molecule has 1 fully saturated rings. The van der Waals surface area contributed by atoms with Crippen molar-refractivity contribution in [2.75, 3.05) is 6.61 Å². The van der Waals surface area contributed by atoms with Gasteiger partial charge in [-0.3, -0.25) is 4.68 Å². The first-order valence-corrected chi connectivity index (χ1v) is 15.3. The fourth-order valence-corrected chi connectivity index (χ4v) is 5.42. The number of aromatic carboxylic acids is 1. The fourth-order valence-electron chi connectivity index (χ4n) is 5.42. The largest absolute Gasteiger partial charge is 0.478 e. The topological polar surface area (TPSA) is 117 Å². The van der Waals surface area contributed by atoms with Gasteiger partial charge >= 0.3 is 5.97 Å². The molecule has 0 saturated carbocycles. The molecule has 4 aromatic heterocycles. The molecule has 0 aliphatic carbocycles. The van der Waals surface area contributed by atoms with Gasteiger partial charge in [0.1, 0.15) is 35.3 Å². The quantitative estimate of drug-likeness (QED) is 0.196.